The van der Waals surface area contributed by atoms with Crippen LogP contribution in [-0.4, -0.2) is 12.5 Å². The lowest BCUT2D eigenvalue weighted by molar-refractivity contribution is 0.102. The smallest absolute Gasteiger partial charge is 0.255 e. The van der Waals surface area contributed by atoms with Crippen LogP contribution in [0.4, 0.5) is 5.69 Å². The number of anilines is 1. The minimum absolute atomic E-state index is 0.150. The lowest BCUT2D eigenvalue weighted by atomic mass is 10.1. The van der Waals surface area contributed by atoms with Crippen LogP contribution in [0.15, 0.2) is 40.9 Å². The zero-order chi connectivity index (χ0) is 14.1. The molecule has 0 aromatic heterocycles. The van der Waals surface area contributed by atoms with E-state index in [1.165, 1.54) is 0 Å². The van der Waals surface area contributed by atoms with Gasteiger partial charge in [-0.05, 0) is 57.9 Å². The van der Waals surface area contributed by atoms with E-state index in [2.05, 4.69) is 21.2 Å². The van der Waals surface area contributed by atoms with Crippen molar-refractivity contribution in [3.63, 3.8) is 0 Å². The topological polar surface area (TPSA) is 38.3 Å². The van der Waals surface area contributed by atoms with Gasteiger partial charge >= 0.3 is 0 Å². The molecule has 0 saturated heterocycles. The van der Waals surface area contributed by atoms with Crippen LogP contribution in [0.3, 0.4) is 0 Å². The Kier molecular flexibility index (Phi) is 3.68. The number of ether oxygens (including phenoxy) is 1. The maximum Gasteiger partial charge on any atom is 0.255 e. The first-order valence-electron chi connectivity index (χ1n) is 6.15. The Labute approximate surface area is 130 Å². The van der Waals surface area contributed by atoms with Crippen LogP contribution in [0.1, 0.15) is 15.9 Å². The van der Waals surface area contributed by atoms with Gasteiger partial charge < -0.3 is 10.1 Å². The molecule has 0 aliphatic carbocycles. The molecule has 3 nitrogen and oxygen atoms in total. The van der Waals surface area contributed by atoms with Gasteiger partial charge in [0.2, 0.25) is 0 Å². The third-order valence-corrected chi connectivity index (χ3v) is 4.02. The fourth-order valence-corrected chi connectivity index (χ4v) is 2.89. The molecule has 1 amide bonds. The quantitative estimate of drug-likeness (QED) is 0.875. The van der Waals surface area contributed by atoms with Gasteiger partial charge in [0.1, 0.15) is 5.75 Å². The van der Waals surface area contributed by atoms with Crippen LogP contribution in [0.5, 0.6) is 5.75 Å². The average Bonchev–Trinajstić information content (AvgIpc) is 2.89. The largest absolute Gasteiger partial charge is 0.493 e. The zero-order valence-electron chi connectivity index (χ0n) is 10.5. The van der Waals surface area contributed by atoms with Crippen molar-refractivity contribution in [2.75, 3.05) is 11.9 Å². The standard InChI is InChI=1S/C15H11BrClNO2/c16-12-8-11(17)2-3-13(12)18-15(19)10-1-4-14-9(7-10)5-6-20-14/h1-4,7-8H,5-6H2,(H,18,19). The summed E-state index contributed by atoms with van der Waals surface area (Å²) < 4.78 is 6.18. The van der Waals surface area contributed by atoms with E-state index in [1.807, 2.05) is 12.1 Å². The Hall–Kier alpha value is -1.52. The molecule has 0 radical (unpaired) electrons. The molecule has 0 bridgehead atoms. The first-order chi connectivity index (χ1) is 9.63. The summed E-state index contributed by atoms with van der Waals surface area (Å²) in [7, 11) is 0. The van der Waals surface area contributed by atoms with Crippen LogP contribution in [0.25, 0.3) is 0 Å². The number of benzene rings is 2. The molecule has 1 heterocycles. The van der Waals surface area contributed by atoms with Crippen molar-refractivity contribution in [2.45, 2.75) is 6.42 Å². The number of nitrogens with one attached hydrogen (secondary N) is 1. The van der Waals surface area contributed by atoms with Gasteiger partial charge in [-0.3, -0.25) is 4.79 Å². The number of carbonyl (C=O) groups excluding carboxylic acids is 1. The van der Waals surface area contributed by atoms with Gasteiger partial charge in [0, 0.05) is 21.5 Å². The fraction of sp³-hybridized carbons (Fsp3) is 0.133. The maximum absolute atomic E-state index is 12.2. The summed E-state index contributed by atoms with van der Waals surface area (Å²) in [5.41, 5.74) is 2.39. The van der Waals surface area contributed by atoms with Crippen molar-refractivity contribution in [3.8, 4) is 5.75 Å². The Morgan fingerprint density at radius 2 is 2.10 bits per heavy atom. The monoisotopic (exact) mass is 351 g/mol. The summed E-state index contributed by atoms with van der Waals surface area (Å²) in [6, 6.07) is 10.7. The minimum Gasteiger partial charge on any atom is -0.493 e. The van der Waals surface area contributed by atoms with Gasteiger partial charge in [-0.2, -0.15) is 0 Å². The second-order valence-electron chi connectivity index (χ2n) is 4.50. The third kappa shape index (κ3) is 2.67. The molecule has 0 unspecified atom stereocenters. The predicted octanol–water partition coefficient (Wildman–Crippen LogP) is 4.29. The number of halogens is 2. The second-order valence-corrected chi connectivity index (χ2v) is 5.79. The fourth-order valence-electron chi connectivity index (χ4n) is 2.11. The van der Waals surface area contributed by atoms with E-state index in [9.17, 15) is 4.79 Å². The Bertz CT molecular complexity index is 688. The molecule has 0 saturated carbocycles. The van der Waals surface area contributed by atoms with Gasteiger partial charge in [0.15, 0.2) is 0 Å². The summed E-state index contributed by atoms with van der Waals surface area (Å²) in [6.45, 7) is 0.684. The molecule has 5 heteroatoms. The van der Waals surface area contributed by atoms with Crippen LogP contribution >= 0.6 is 27.5 Å². The lowest BCUT2D eigenvalue weighted by Crippen LogP contribution is -2.12. The van der Waals surface area contributed by atoms with Crippen LogP contribution in [-0.2, 0) is 6.42 Å². The van der Waals surface area contributed by atoms with Gasteiger partial charge in [-0.1, -0.05) is 11.6 Å². The number of fused-ring (bicyclic) bond motifs is 1. The Morgan fingerprint density at radius 3 is 2.90 bits per heavy atom. The van der Waals surface area contributed by atoms with Crippen molar-refractivity contribution in [3.05, 3.63) is 57.0 Å². The van der Waals surface area contributed by atoms with Gasteiger partial charge in [-0.25, -0.2) is 0 Å². The first-order valence-corrected chi connectivity index (χ1v) is 7.33. The summed E-state index contributed by atoms with van der Waals surface area (Å²) in [5, 5.41) is 3.47. The number of amides is 1. The van der Waals surface area contributed by atoms with Gasteiger partial charge in [0.25, 0.3) is 5.91 Å². The van der Waals surface area contributed by atoms with Crippen LogP contribution in [0.2, 0.25) is 5.02 Å². The molecule has 0 fully saturated rings. The normalized spacial score (nSPS) is 12.7. The molecular formula is C15H11BrClNO2. The average molecular weight is 353 g/mol. The molecular weight excluding hydrogens is 342 g/mol. The van der Waals surface area contributed by atoms with E-state index in [4.69, 9.17) is 16.3 Å². The van der Waals surface area contributed by atoms with Crippen molar-refractivity contribution >= 4 is 39.1 Å². The van der Waals surface area contributed by atoms with Gasteiger partial charge in [-0.15, -0.1) is 0 Å². The highest BCUT2D eigenvalue weighted by Crippen LogP contribution is 2.28. The summed E-state index contributed by atoms with van der Waals surface area (Å²) in [6.07, 6.45) is 0.848. The molecule has 0 spiro atoms. The van der Waals surface area contributed by atoms with Crippen molar-refractivity contribution in [1.82, 2.24) is 0 Å². The number of hydrogen-bond acceptors (Lipinski definition) is 2. The minimum atomic E-state index is -0.150. The highest BCUT2D eigenvalue weighted by molar-refractivity contribution is 9.10. The van der Waals surface area contributed by atoms with Gasteiger partial charge in [0.05, 0.1) is 12.3 Å². The van der Waals surface area contributed by atoms with Crippen LogP contribution < -0.4 is 10.1 Å². The SMILES string of the molecule is O=C(Nc1ccc(Cl)cc1Br)c1ccc2c(c1)CCO2. The molecule has 102 valence electrons. The van der Waals surface area contributed by atoms with E-state index >= 15 is 0 Å². The van der Waals surface area contributed by atoms with E-state index < -0.39 is 0 Å². The number of hydrogen-bond donors (Lipinski definition) is 1. The molecule has 3 rings (SSSR count). The van der Waals surface area contributed by atoms with Crippen molar-refractivity contribution in [2.24, 2.45) is 0 Å². The lowest BCUT2D eigenvalue weighted by Gasteiger charge is -2.08. The molecule has 2 aromatic carbocycles. The molecule has 1 aliphatic heterocycles. The molecule has 0 atom stereocenters. The molecule has 20 heavy (non-hydrogen) atoms. The Balaban J connectivity index is 1.82. The first kappa shape index (κ1) is 13.5. The Morgan fingerprint density at radius 1 is 1.25 bits per heavy atom. The second kappa shape index (κ2) is 5.46. The number of rotatable bonds is 2. The summed E-state index contributed by atoms with van der Waals surface area (Å²) in [5.74, 6) is 0.719. The van der Waals surface area contributed by atoms with E-state index in [0.29, 0.717) is 22.9 Å². The zero-order valence-corrected chi connectivity index (χ0v) is 12.8. The van der Waals surface area contributed by atoms with Crippen LogP contribution in [0, 0.1) is 0 Å². The summed E-state index contributed by atoms with van der Waals surface area (Å²) >= 11 is 9.26. The highest BCUT2D eigenvalue weighted by atomic mass is 79.9. The van der Waals surface area contributed by atoms with E-state index in [0.717, 1.165) is 22.2 Å². The maximum atomic E-state index is 12.2. The molecule has 1 aliphatic rings. The molecule has 1 N–H and O–H groups in total. The predicted molar refractivity (Wildman–Crippen MR) is 82.7 cm³/mol. The summed E-state index contributed by atoms with van der Waals surface area (Å²) in [4.78, 5) is 12.2. The number of carbonyl (C=O) groups is 1. The van der Waals surface area contributed by atoms with Crippen molar-refractivity contribution < 1.29 is 9.53 Å². The van der Waals surface area contributed by atoms with E-state index in [-0.39, 0.29) is 5.91 Å². The van der Waals surface area contributed by atoms with E-state index in [1.54, 1.807) is 24.3 Å². The third-order valence-electron chi connectivity index (χ3n) is 3.13. The highest BCUT2D eigenvalue weighted by Gasteiger charge is 2.15. The van der Waals surface area contributed by atoms with Crippen molar-refractivity contribution in [1.29, 1.82) is 0 Å². The molecule has 2 aromatic rings.